The first-order valence-corrected chi connectivity index (χ1v) is 7.07. The number of hydrogen-bond donors (Lipinski definition) is 1. The van der Waals surface area contributed by atoms with E-state index in [2.05, 4.69) is 26.1 Å². The van der Waals surface area contributed by atoms with E-state index in [1.54, 1.807) is 32.2 Å². The minimum absolute atomic E-state index is 0.268. The molecule has 4 atom stereocenters. The first-order valence-electron chi connectivity index (χ1n) is 6.27. The van der Waals surface area contributed by atoms with E-state index in [9.17, 15) is 0 Å². The van der Waals surface area contributed by atoms with Crippen molar-refractivity contribution in [1.29, 1.82) is 0 Å². The molecule has 0 bridgehead atoms. The van der Waals surface area contributed by atoms with Crippen molar-refractivity contribution in [3.63, 3.8) is 0 Å². The van der Waals surface area contributed by atoms with Gasteiger partial charge in [-0.2, -0.15) is 0 Å². The Morgan fingerprint density at radius 2 is 2.14 bits per heavy atom. The first-order chi connectivity index (χ1) is 10.2. The van der Waals surface area contributed by atoms with Gasteiger partial charge in [-0.3, -0.25) is 4.57 Å². The van der Waals surface area contributed by atoms with Crippen molar-refractivity contribution in [3.8, 4) is 0 Å². The second-order valence-electron chi connectivity index (χ2n) is 4.49. The van der Waals surface area contributed by atoms with Crippen LogP contribution in [-0.2, 0) is 18.9 Å². The van der Waals surface area contributed by atoms with Crippen LogP contribution in [0.2, 0.25) is 0 Å². The average molecular weight is 364 g/mol. The van der Waals surface area contributed by atoms with Crippen molar-refractivity contribution < 1.29 is 24.2 Å². The Kier molecular flexibility index (Phi) is 5.71. The molecule has 0 aromatic carbocycles. The molecule has 9 heteroatoms. The molecule has 1 aliphatic rings. The van der Waals surface area contributed by atoms with Gasteiger partial charge in [-0.05, 0) is 15.9 Å². The molecule has 21 heavy (non-hydrogen) atoms. The summed E-state index contributed by atoms with van der Waals surface area (Å²) < 4.78 is 24.4. The van der Waals surface area contributed by atoms with Crippen molar-refractivity contribution >= 4 is 22.1 Å². The Balaban J connectivity index is 2.34. The second-order valence-corrected chi connectivity index (χ2v) is 5.24. The van der Waals surface area contributed by atoms with Crippen LogP contribution >= 0.6 is 15.9 Å². The summed E-state index contributed by atoms with van der Waals surface area (Å²) in [6, 6.07) is 0. The summed E-state index contributed by atoms with van der Waals surface area (Å²) in [6.07, 6.45) is 1.50. The van der Waals surface area contributed by atoms with Crippen molar-refractivity contribution in [2.75, 3.05) is 27.9 Å². The van der Waals surface area contributed by atoms with Crippen molar-refractivity contribution in [2.24, 2.45) is 5.16 Å². The number of halogens is 1. The Hall–Kier alpha value is -1.00. The predicted octanol–water partition coefficient (Wildman–Crippen LogP) is 1.03. The lowest BCUT2D eigenvalue weighted by Gasteiger charge is -2.22. The van der Waals surface area contributed by atoms with Gasteiger partial charge < -0.3 is 24.2 Å². The molecule has 0 amide bonds. The molecule has 0 spiro atoms. The summed E-state index contributed by atoms with van der Waals surface area (Å²) in [4.78, 5) is 4.14. The molecule has 1 aromatic heterocycles. The van der Waals surface area contributed by atoms with Gasteiger partial charge in [-0.25, -0.2) is 4.98 Å². The predicted molar refractivity (Wildman–Crippen MR) is 76.7 cm³/mol. The third-order valence-electron chi connectivity index (χ3n) is 3.40. The van der Waals surface area contributed by atoms with Crippen LogP contribution in [0.1, 0.15) is 11.9 Å². The van der Waals surface area contributed by atoms with E-state index in [1.807, 2.05) is 0 Å². The molecule has 0 saturated carbocycles. The van der Waals surface area contributed by atoms with Gasteiger partial charge in [0.2, 0.25) is 0 Å². The molecule has 1 aromatic rings. The van der Waals surface area contributed by atoms with Gasteiger partial charge in [0.1, 0.15) is 22.9 Å². The smallest absolute Gasteiger partial charge is 0.164 e. The van der Waals surface area contributed by atoms with Gasteiger partial charge in [0.25, 0.3) is 0 Å². The Bertz CT molecular complexity index is 495. The van der Waals surface area contributed by atoms with Crippen LogP contribution in [0.15, 0.2) is 16.1 Å². The lowest BCUT2D eigenvalue weighted by molar-refractivity contribution is -0.0654. The standard InChI is InChI=1S/C12H18BrN3O5/c1-18-5-8-9(19-2)10(20-3)12(21-8)16-6-14-11(13)7(16)4-15-17/h4,6,8-10,12,17H,5H2,1-3H3/b15-4+/t8-,9-,10-,12-/m1/s1. The van der Waals surface area contributed by atoms with Gasteiger partial charge in [-0.1, -0.05) is 5.16 Å². The zero-order valence-electron chi connectivity index (χ0n) is 12.0. The topological polar surface area (TPSA) is 87.3 Å². The van der Waals surface area contributed by atoms with Crippen LogP contribution in [0, 0.1) is 0 Å². The van der Waals surface area contributed by atoms with Crippen molar-refractivity contribution in [1.82, 2.24) is 9.55 Å². The molecule has 2 heterocycles. The normalized spacial score (nSPS) is 29.5. The van der Waals surface area contributed by atoms with E-state index in [1.165, 1.54) is 6.21 Å². The lowest BCUT2D eigenvalue weighted by atomic mass is 10.1. The van der Waals surface area contributed by atoms with Crippen molar-refractivity contribution in [3.05, 3.63) is 16.6 Å². The van der Waals surface area contributed by atoms with E-state index in [0.29, 0.717) is 16.9 Å². The second kappa shape index (κ2) is 7.32. The number of imidazole rings is 1. The van der Waals surface area contributed by atoms with Gasteiger partial charge in [0.05, 0.1) is 24.8 Å². The van der Waals surface area contributed by atoms with Crippen LogP contribution in [0.4, 0.5) is 0 Å². The number of oxime groups is 1. The Morgan fingerprint density at radius 3 is 2.71 bits per heavy atom. The maximum absolute atomic E-state index is 8.78. The van der Waals surface area contributed by atoms with Crippen LogP contribution in [0.5, 0.6) is 0 Å². The first kappa shape index (κ1) is 16.4. The molecule has 1 aliphatic heterocycles. The number of aromatic nitrogens is 2. The average Bonchev–Trinajstić information content (AvgIpc) is 3.01. The molecule has 0 radical (unpaired) electrons. The summed E-state index contributed by atoms with van der Waals surface area (Å²) in [6.45, 7) is 0.383. The van der Waals surface area contributed by atoms with Crippen LogP contribution < -0.4 is 0 Å². The van der Waals surface area contributed by atoms with Gasteiger partial charge >= 0.3 is 0 Å². The van der Waals surface area contributed by atoms with Crippen LogP contribution in [-0.4, -0.2) is 67.2 Å². The third kappa shape index (κ3) is 3.11. The number of rotatable bonds is 6. The molecule has 1 saturated heterocycles. The summed E-state index contributed by atoms with van der Waals surface area (Å²) in [5.41, 5.74) is 0.567. The molecule has 118 valence electrons. The molecule has 1 N–H and O–H groups in total. The molecule has 1 fully saturated rings. The van der Waals surface area contributed by atoms with E-state index >= 15 is 0 Å². The van der Waals surface area contributed by atoms with Crippen LogP contribution in [0.3, 0.4) is 0 Å². The zero-order chi connectivity index (χ0) is 15.4. The van der Waals surface area contributed by atoms with E-state index in [-0.39, 0.29) is 18.3 Å². The fourth-order valence-corrected chi connectivity index (χ4v) is 2.89. The molecule has 8 nitrogen and oxygen atoms in total. The number of hydrogen-bond acceptors (Lipinski definition) is 7. The minimum atomic E-state index is -0.466. The molecule has 0 aliphatic carbocycles. The Morgan fingerprint density at radius 1 is 1.43 bits per heavy atom. The van der Waals surface area contributed by atoms with Crippen molar-refractivity contribution in [2.45, 2.75) is 24.5 Å². The lowest BCUT2D eigenvalue weighted by Crippen LogP contribution is -2.37. The quantitative estimate of drug-likeness (QED) is 0.461. The van der Waals surface area contributed by atoms with Gasteiger partial charge in [-0.15, -0.1) is 0 Å². The Labute approximate surface area is 130 Å². The highest BCUT2D eigenvalue weighted by Crippen LogP contribution is 2.34. The summed E-state index contributed by atoms with van der Waals surface area (Å²) >= 11 is 3.30. The maximum Gasteiger partial charge on any atom is 0.164 e. The fourth-order valence-electron chi connectivity index (χ4n) is 2.49. The highest BCUT2D eigenvalue weighted by Gasteiger charge is 2.46. The van der Waals surface area contributed by atoms with E-state index in [0.717, 1.165) is 0 Å². The monoisotopic (exact) mass is 363 g/mol. The highest BCUT2D eigenvalue weighted by molar-refractivity contribution is 9.10. The number of nitrogens with zero attached hydrogens (tertiary/aromatic N) is 3. The molecule has 0 unspecified atom stereocenters. The van der Waals surface area contributed by atoms with Gasteiger partial charge in [0.15, 0.2) is 6.23 Å². The SMILES string of the molecule is COC[C@H]1O[C@@H](n2cnc(Br)c2/C=N/O)[C@H](OC)[C@@H]1OC. The highest BCUT2D eigenvalue weighted by atomic mass is 79.9. The summed E-state index contributed by atoms with van der Waals surface area (Å²) in [5.74, 6) is 0. The molecular weight excluding hydrogens is 346 g/mol. The molecular formula is C12H18BrN3O5. The summed E-state index contributed by atoms with van der Waals surface area (Å²) in [5, 5.41) is 11.8. The minimum Gasteiger partial charge on any atom is -0.411 e. The van der Waals surface area contributed by atoms with Crippen LogP contribution in [0.25, 0.3) is 0 Å². The van der Waals surface area contributed by atoms with Gasteiger partial charge in [0, 0.05) is 21.3 Å². The third-order valence-corrected chi connectivity index (χ3v) is 4.01. The fraction of sp³-hybridized carbons (Fsp3) is 0.667. The molecule has 2 rings (SSSR count). The zero-order valence-corrected chi connectivity index (χ0v) is 13.6. The number of methoxy groups -OCH3 is 3. The number of ether oxygens (including phenoxy) is 4. The largest absolute Gasteiger partial charge is 0.411 e. The van der Waals surface area contributed by atoms with E-state index in [4.69, 9.17) is 24.2 Å². The maximum atomic E-state index is 8.78. The van der Waals surface area contributed by atoms with E-state index < -0.39 is 6.23 Å². The summed E-state index contributed by atoms with van der Waals surface area (Å²) in [7, 11) is 4.79.